The van der Waals surface area contributed by atoms with Gasteiger partial charge in [0.2, 0.25) is 0 Å². The second-order valence-corrected chi connectivity index (χ2v) is 6.15. The number of para-hydroxylation sites is 1. The molecule has 2 aromatic carbocycles. The fraction of sp³-hybridized carbons (Fsp3) is 0.300. The first-order valence-corrected chi connectivity index (χ1v) is 8.89. The number of ether oxygens (including phenoxy) is 1. The fourth-order valence-electron chi connectivity index (χ4n) is 2.44. The number of benzene rings is 2. The van der Waals surface area contributed by atoms with Crippen LogP contribution in [0.5, 0.6) is 5.75 Å². The Bertz CT molecular complexity index is 742. The maximum absolute atomic E-state index is 12.3. The van der Waals surface area contributed by atoms with E-state index in [0.29, 0.717) is 17.3 Å². The van der Waals surface area contributed by atoms with Crippen molar-refractivity contribution in [3.8, 4) is 5.75 Å². The van der Waals surface area contributed by atoms with E-state index in [9.17, 15) is 4.79 Å². The van der Waals surface area contributed by atoms with Gasteiger partial charge >= 0.3 is 0 Å². The van der Waals surface area contributed by atoms with Gasteiger partial charge in [-0.05, 0) is 67.4 Å². The Balaban J connectivity index is 2.00. The van der Waals surface area contributed by atoms with Gasteiger partial charge in [-0.15, -0.1) is 0 Å². The van der Waals surface area contributed by atoms with Crippen LogP contribution in [0.4, 0.5) is 5.69 Å². The molecule has 0 atom stereocenters. The normalized spacial score (nSPS) is 10.2. The van der Waals surface area contributed by atoms with Crippen LogP contribution in [0.2, 0.25) is 0 Å². The third-order valence-electron chi connectivity index (χ3n) is 3.79. The van der Waals surface area contributed by atoms with Crippen molar-refractivity contribution in [3.63, 3.8) is 0 Å². The van der Waals surface area contributed by atoms with E-state index in [2.05, 4.69) is 23.6 Å². The Morgan fingerprint density at radius 3 is 2.48 bits per heavy atom. The van der Waals surface area contributed by atoms with Crippen LogP contribution in [0.25, 0.3) is 0 Å². The van der Waals surface area contributed by atoms with E-state index in [1.165, 1.54) is 0 Å². The van der Waals surface area contributed by atoms with Gasteiger partial charge in [-0.25, -0.2) is 0 Å². The zero-order chi connectivity index (χ0) is 18.2. The highest BCUT2D eigenvalue weighted by Crippen LogP contribution is 2.21. The van der Waals surface area contributed by atoms with Crippen LogP contribution >= 0.6 is 12.2 Å². The number of carbonyl (C=O) groups is 1. The zero-order valence-corrected chi connectivity index (χ0v) is 15.7. The molecule has 4 nitrogen and oxygen atoms in total. The SMILES string of the molecule is CCCOc1ccc(C(=O)NC(=S)Nc2c(C)cccc2CC)cc1. The monoisotopic (exact) mass is 356 g/mol. The maximum atomic E-state index is 12.3. The van der Waals surface area contributed by atoms with Crippen LogP contribution in [-0.2, 0) is 6.42 Å². The Morgan fingerprint density at radius 2 is 1.84 bits per heavy atom. The quantitative estimate of drug-likeness (QED) is 0.750. The second kappa shape index (κ2) is 9.18. The fourth-order valence-corrected chi connectivity index (χ4v) is 2.64. The van der Waals surface area contributed by atoms with Crippen LogP contribution < -0.4 is 15.4 Å². The van der Waals surface area contributed by atoms with E-state index in [-0.39, 0.29) is 5.91 Å². The summed E-state index contributed by atoms with van der Waals surface area (Å²) < 4.78 is 5.52. The lowest BCUT2D eigenvalue weighted by Gasteiger charge is -2.15. The molecule has 2 N–H and O–H groups in total. The minimum Gasteiger partial charge on any atom is -0.494 e. The molecule has 2 aromatic rings. The van der Waals surface area contributed by atoms with Crippen molar-refractivity contribution in [1.29, 1.82) is 0 Å². The lowest BCUT2D eigenvalue weighted by atomic mass is 10.1. The predicted octanol–water partition coefficient (Wildman–Crippen LogP) is 4.47. The highest BCUT2D eigenvalue weighted by Gasteiger charge is 2.10. The van der Waals surface area contributed by atoms with E-state index < -0.39 is 0 Å². The second-order valence-electron chi connectivity index (χ2n) is 5.74. The molecule has 2 rings (SSSR count). The van der Waals surface area contributed by atoms with Crippen LogP contribution in [0, 0.1) is 6.92 Å². The first-order valence-electron chi connectivity index (χ1n) is 8.48. The minimum absolute atomic E-state index is 0.244. The average molecular weight is 356 g/mol. The third kappa shape index (κ3) is 5.29. The molecule has 5 heteroatoms. The summed E-state index contributed by atoms with van der Waals surface area (Å²) in [4.78, 5) is 12.3. The van der Waals surface area contributed by atoms with Gasteiger partial charge in [0, 0.05) is 11.3 Å². The Labute approximate surface area is 154 Å². The molecule has 0 radical (unpaired) electrons. The van der Waals surface area contributed by atoms with Crippen molar-refractivity contribution in [2.75, 3.05) is 11.9 Å². The summed E-state index contributed by atoms with van der Waals surface area (Å²) in [5, 5.41) is 6.16. The summed E-state index contributed by atoms with van der Waals surface area (Å²) >= 11 is 5.29. The number of rotatable bonds is 6. The molecule has 132 valence electrons. The molecule has 0 bridgehead atoms. The highest BCUT2D eigenvalue weighted by molar-refractivity contribution is 7.80. The summed E-state index contributed by atoms with van der Waals surface area (Å²) in [5.41, 5.74) is 3.74. The molecule has 0 aliphatic heterocycles. The number of amides is 1. The summed E-state index contributed by atoms with van der Waals surface area (Å²) in [5.74, 6) is 0.512. The summed E-state index contributed by atoms with van der Waals surface area (Å²) in [6.07, 6.45) is 1.83. The summed E-state index contributed by atoms with van der Waals surface area (Å²) in [7, 11) is 0. The van der Waals surface area contributed by atoms with Crippen molar-refractivity contribution in [2.24, 2.45) is 0 Å². The molecule has 0 unspecified atom stereocenters. The number of hydrogen-bond donors (Lipinski definition) is 2. The van der Waals surface area contributed by atoms with Crippen LogP contribution in [0.3, 0.4) is 0 Å². The molecule has 0 heterocycles. The lowest BCUT2D eigenvalue weighted by molar-refractivity contribution is 0.0977. The first kappa shape index (κ1) is 18.9. The van der Waals surface area contributed by atoms with Gasteiger partial charge in [0.05, 0.1) is 6.61 Å². The Hall–Kier alpha value is -2.40. The molecule has 25 heavy (non-hydrogen) atoms. The van der Waals surface area contributed by atoms with E-state index in [4.69, 9.17) is 17.0 Å². The summed E-state index contributed by atoms with van der Waals surface area (Å²) in [6.45, 7) is 6.81. The first-order chi connectivity index (χ1) is 12.0. The molecule has 0 aliphatic carbocycles. The van der Waals surface area contributed by atoms with Crippen molar-refractivity contribution >= 4 is 28.9 Å². The zero-order valence-electron chi connectivity index (χ0n) is 14.9. The van der Waals surface area contributed by atoms with Gasteiger partial charge in [0.1, 0.15) is 5.75 Å². The maximum Gasteiger partial charge on any atom is 0.257 e. The van der Waals surface area contributed by atoms with E-state index in [0.717, 1.165) is 35.4 Å². The standard InChI is InChI=1S/C20H24N2O2S/c1-4-13-24-17-11-9-16(10-12-17)19(23)22-20(25)21-18-14(3)7-6-8-15(18)5-2/h6-12H,4-5,13H2,1-3H3,(H2,21,22,23,25). The molecule has 0 saturated carbocycles. The van der Waals surface area contributed by atoms with Crippen molar-refractivity contribution in [2.45, 2.75) is 33.6 Å². The van der Waals surface area contributed by atoms with E-state index in [1.54, 1.807) is 24.3 Å². The third-order valence-corrected chi connectivity index (χ3v) is 4.00. The number of thiocarbonyl (C=S) groups is 1. The summed E-state index contributed by atoms with van der Waals surface area (Å²) in [6, 6.07) is 13.1. The van der Waals surface area contributed by atoms with Crippen LogP contribution in [0.15, 0.2) is 42.5 Å². The molecule has 1 amide bonds. The van der Waals surface area contributed by atoms with Gasteiger partial charge in [-0.3, -0.25) is 10.1 Å². The molecule has 0 aliphatic rings. The molecular weight excluding hydrogens is 332 g/mol. The average Bonchev–Trinajstić information content (AvgIpc) is 2.62. The van der Waals surface area contributed by atoms with E-state index >= 15 is 0 Å². The van der Waals surface area contributed by atoms with Gasteiger partial charge in [-0.2, -0.15) is 0 Å². The number of carbonyl (C=O) groups excluding carboxylic acids is 1. The molecule has 0 saturated heterocycles. The van der Waals surface area contributed by atoms with Gasteiger partial charge in [-0.1, -0.05) is 32.0 Å². The number of anilines is 1. The Kier molecular flexibility index (Phi) is 6.95. The Morgan fingerprint density at radius 1 is 1.12 bits per heavy atom. The van der Waals surface area contributed by atoms with Crippen molar-refractivity contribution < 1.29 is 9.53 Å². The van der Waals surface area contributed by atoms with Gasteiger partial charge in [0.25, 0.3) is 5.91 Å². The minimum atomic E-state index is -0.244. The van der Waals surface area contributed by atoms with Crippen molar-refractivity contribution in [1.82, 2.24) is 5.32 Å². The predicted molar refractivity (Wildman–Crippen MR) is 106 cm³/mol. The largest absolute Gasteiger partial charge is 0.494 e. The van der Waals surface area contributed by atoms with Gasteiger partial charge < -0.3 is 10.1 Å². The van der Waals surface area contributed by atoms with Crippen molar-refractivity contribution in [3.05, 3.63) is 59.2 Å². The lowest BCUT2D eigenvalue weighted by Crippen LogP contribution is -2.34. The number of hydrogen-bond acceptors (Lipinski definition) is 3. The molecule has 0 fully saturated rings. The smallest absolute Gasteiger partial charge is 0.257 e. The molecule has 0 aromatic heterocycles. The number of nitrogens with one attached hydrogen (secondary N) is 2. The van der Waals surface area contributed by atoms with Crippen LogP contribution in [0.1, 0.15) is 41.8 Å². The number of aryl methyl sites for hydroxylation is 2. The molecule has 0 spiro atoms. The topological polar surface area (TPSA) is 50.4 Å². The van der Waals surface area contributed by atoms with Gasteiger partial charge in [0.15, 0.2) is 5.11 Å². The van der Waals surface area contributed by atoms with E-state index in [1.807, 2.05) is 26.0 Å². The van der Waals surface area contributed by atoms with Crippen LogP contribution in [-0.4, -0.2) is 17.6 Å². The molecular formula is C20H24N2O2S. The highest BCUT2D eigenvalue weighted by atomic mass is 32.1.